The molecule has 0 saturated heterocycles. The quantitative estimate of drug-likeness (QED) is 0.667. The van der Waals surface area contributed by atoms with E-state index in [1.165, 1.54) is 12.1 Å². The van der Waals surface area contributed by atoms with Crippen LogP contribution in [0.3, 0.4) is 0 Å². The van der Waals surface area contributed by atoms with E-state index < -0.39 is 0 Å². The summed E-state index contributed by atoms with van der Waals surface area (Å²) in [5, 5.41) is 3.04. The van der Waals surface area contributed by atoms with E-state index in [1.54, 1.807) is 12.1 Å². The van der Waals surface area contributed by atoms with E-state index in [2.05, 4.69) is 24.2 Å². The van der Waals surface area contributed by atoms with Crippen molar-refractivity contribution >= 4 is 11.6 Å². The summed E-state index contributed by atoms with van der Waals surface area (Å²) >= 11 is 0. The molecule has 0 saturated carbocycles. The first-order chi connectivity index (χ1) is 9.97. The number of aliphatic imine (C=N–C) groups is 1. The standard InChI is InChI=1S/C17H20FN3/c1-17(2,13-8-10-14(18)11-9-13)12-20-16(19)21-15-6-4-3-5-7-15/h3-11H,12H2,1-2H3,(H3,19,20,21). The van der Waals surface area contributed by atoms with Gasteiger partial charge in [0.2, 0.25) is 0 Å². The third-order valence-corrected chi connectivity index (χ3v) is 3.32. The number of para-hydroxylation sites is 1. The molecule has 0 fully saturated rings. The van der Waals surface area contributed by atoms with Crippen LogP contribution >= 0.6 is 0 Å². The normalized spacial score (nSPS) is 12.2. The van der Waals surface area contributed by atoms with Crippen molar-refractivity contribution in [1.29, 1.82) is 0 Å². The lowest BCUT2D eigenvalue weighted by Crippen LogP contribution is -2.27. The topological polar surface area (TPSA) is 50.4 Å². The van der Waals surface area contributed by atoms with Crippen LogP contribution in [0.4, 0.5) is 10.1 Å². The van der Waals surface area contributed by atoms with Gasteiger partial charge in [0.25, 0.3) is 0 Å². The van der Waals surface area contributed by atoms with E-state index in [-0.39, 0.29) is 11.2 Å². The number of halogens is 1. The third kappa shape index (κ3) is 4.31. The zero-order chi connectivity index (χ0) is 15.3. The number of hydrogen-bond acceptors (Lipinski definition) is 1. The second-order valence-electron chi connectivity index (χ2n) is 5.58. The number of hydrogen-bond donors (Lipinski definition) is 2. The van der Waals surface area contributed by atoms with Crippen molar-refractivity contribution in [3.63, 3.8) is 0 Å². The fourth-order valence-electron chi connectivity index (χ4n) is 1.98. The number of guanidine groups is 1. The molecule has 3 nitrogen and oxygen atoms in total. The van der Waals surface area contributed by atoms with E-state index in [0.717, 1.165) is 11.3 Å². The Kier molecular flexibility index (Phi) is 4.58. The average molecular weight is 285 g/mol. The molecule has 4 heteroatoms. The van der Waals surface area contributed by atoms with Gasteiger partial charge in [0.15, 0.2) is 5.96 Å². The van der Waals surface area contributed by atoms with Gasteiger partial charge in [-0.05, 0) is 29.8 Å². The first-order valence-corrected chi connectivity index (χ1v) is 6.85. The van der Waals surface area contributed by atoms with Crippen LogP contribution in [-0.2, 0) is 5.41 Å². The molecule has 0 amide bonds. The van der Waals surface area contributed by atoms with Gasteiger partial charge in [0.05, 0.1) is 6.54 Å². The molecule has 0 aliphatic carbocycles. The SMILES string of the molecule is CC(C)(CN=C(N)Nc1ccccc1)c1ccc(F)cc1. The van der Waals surface area contributed by atoms with Gasteiger partial charge >= 0.3 is 0 Å². The van der Waals surface area contributed by atoms with Crippen molar-refractivity contribution < 1.29 is 4.39 Å². The highest BCUT2D eigenvalue weighted by atomic mass is 19.1. The Hall–Kier alpha value is -2.36. The zero-order valence-electron chi connectivity index (χ0n) is 12.3. The van der Waals surface area contributed by atoms with E-state index in [4.69, 9.17) is 5.73 Å². The van der Waals surface area contributed by atoms with Gasteiger partial charge in [0.1, 0.15) is 5.82 Å². The number of nitrogens with two attached hydrogens (primary N) is 1. The summed E-state index contributed by atoms with van der Waals surface area (Å²) in [6.45, 7) is 4.63. The number of anilines is 1. The molecule has 0 bridgehead atoms. The Morgan fingerprint density at radius 3 is 2.33 bits per heavy atom. The smallest absolute Gasteiger partial charge is 0.193 e. The molecule has 0 heterocycles. The minimum Gasteiger partial charge on any atom is -0.370 e. The molecule has 0 radical (unpaired) electrons. The molecular formula is C17H20FN3. The molecule has 21 heavy (non-hydrogen) atoms. The van der Waals surface area contributed by atoms with Crippen LogP contribution in [-0.4, -0.2) is 12.5 Å². The summed E-state index contributed by atoms with van der Waals surface area (Å²) in [5.74, 6) is 0.139. The zero-order valence-corrected chi connectivity index (χ0v) is 12.3. The fourth-order valence-corrected chi connectivity index (χ4v) is 1.98. The van der Waals surface area contributed by atoms with Gasteiger partial charge in [-0.1, -0.05) is 44.2 Å². The van der Waals surface area contributed by atoms with E-state index in [1.807, 2.05) is 30.3 Å². The van der Waals surface area contributed by atoms with E-state index in [0.29, 0.717) is 12.5 Å². The maximum absolute atomic E-state index is 13.0. The van der Waals surface area contributed by atoms with Crippen LogP contribution in [0, 0.1) is 5.82 Å². The summed E-state index contributed by atoms with van der Waals surface area (Å²) in [5.41, 5.74) is 7.61. The summed E-state index contributed by atoms with van der Waals surface area (Å²) in [6, 6.07) is 16.1. The summed E-state index contributed by atoms with van der Waals surface area (Å²) in [7, 11) is 0. The highest BCUT2D eigenvalue weighted by Crippen LogP contribution is 2.23. The van der Waals surface area contributed by atoms with Gasteiger partial charge in [0, 0.05) is 11.1 Å². The Balaban J connectivity index is 2.02. The molecule has 2 rings (SSSR count). The Morgan fingerprint density at radius 2 is 1.71 bits per heavy atom. The molecule has 110 valence electrons. The molecule has 2 aromatic rings. The van der Waals surface area contributed by atoms with Crippen LogP contribution < -0.4 is 11.1 Å². The van der Waals surface area contributed by atoms with Crippen molar-refractivity contribution in [1.82, 2.24) is 0 Å². The van der Waals surface area contributed by atoms with Crippen LogP contribution in [0.2, 0.25) is 0 Å². The highest BCUT2D eigenvalue weighted by Gasteiger charge is 2.20. The number of benzene rings is 2. The largest absolute Gasteiger partial charge is 0.370 e. The number of nitrogens with zero attached hydrogens (tertiary/aromatic N) is 1. The van der Waals surface area contributed by atoms with Crippen molar-refractivity contribution in [2.75, 3.05) is 11.9 Å². The second-order valence-corrected chi connectivity index (χ2v) is 5.58. The molecule has 0 aromatic heterocycles. The van der Waals surface area contributed by atoms with Gasteiger partial charge in [-0.2, -0.15) is 0 Å². The minimum absolute atomic E-state index is 0.212. The molecule has 0 atom stereocenters. The van der Waals surface area contributed by atoms with Crippen LogP contribution in [0.25, 0.3) is 0 Å². The highest BCUT2D eigenvalue weighted by molar-refractivity contribution is 5.92. The molecule has 0 aliphatic rings. The maximum Gasteiger partial charge on any atom is 0.193 e. The Morgan fingerprint density at radius 1 is 1.10 bits per heavy atom. The van der Waals surface area contributed by atoms with Gasteiger partial charge in [-0.25, -0.2) is 4.39 Å². The monoisotopic (exact) mass is 285 g/mol. The first kappa shape index (κ1) is 15.0. The van der Waals surface area contributed by atoms with Crippen LogP contribution in [0.5, 0.6) is 0 Å². The summed E-state index contributed by atoms with van der Waals surface area (Å²) in [6.07, 6.45) is 0. The predicted octanol–water partition coefficient (Wildman–Crippen LogP) is 3.53. The van der Waals surface area contributed by atoms with Crippen molar-refractivity contribution in [2.24, 2.45) is 10.7 Å². The molecular weight excluding hydrogens is 265 g/mol. The van der Waals surface area contributed by atoms with Gasteiger partial charge in [-0.15, -0.1) is 0 Å². The maximum atomic E-state index is 13.0. The molecule has 0 unspecified atom stereocenters. The van der Waals surface area contributed by atoms with Crippen LogP contribution in [0.1, 0.15) is 19.4 Å². The Labute approximate surface area is 124 Å². The number of nitrogens with one attached hydrogen (secondary N) is 1. The van der Waals surface area contributed by atoms with Crippen molar-refractivity contribution in [2.45, 2.75) is 19.3 Å². The van der Waals surface area contributed by atoms with Gasteiger partial charge in [-0.3, -0.25) is 4.99 Å². The third-order valence-electron chi connectivity index (χ3n) is 3.32. The summed E-state index contributed by atoms with van der Waals surface area (Å²) < 4.78 is 13.0. The van der Waals surface area contributed by atoms with E-state index in [9.17, 15) is 4.39 Å². The lowest BCUT2D eigenvalue weighted by molar-refractivity contribution is 0.537. The molecule has 0 aliphatic heterocycles. The summed E-state index contributed by atoms with van der Waals surface area (Å²) in [4.78, 5) is 4.38. The first-order valence-electron chi connectivity index (χ1n) is 6.85. The van der Waals surface area contributed by atoms with Crippen LogP contribution in [0.15, 0.2) is 59.6 Å². The second kappa shape index (κ2) is 6.39. The lowest BCUT2D eigenvalue weighted by Gasteiger charge is -2.23. The lowest BCUT2D eigenvalue weighted by atomic mass is 9.85. The van der Waals surface area contributed by atoms with Crippen molar-refractivity contribution in [3.8, 4) is 0 Å². The molecule has 0 spiro atoms. The average Bonchev–Trinajstić information content (AvgIpc) is 2.47. The minimum atomic E-state index is -0.233. The van der Waals surface area contributed by atoms with Gasteiger partial charge < -0.3 is 11.1 Å². The van der Waals surface area contributed by atoms with Crippen molar-refractivity contribution in [3.05, 3.63) is 66.0 Å². The molecule has 2 aromatic carbocycles. The molecule has 3 N–H and O–H groups in total. The predicted molar refractivity (Wildman–Crippen MR) is 86.0 cm³/mol. The Bertz CT molecular complexity index is 604. The fraction of sp³-hybridized carbons (Fsp3) is 0.235. The van der Waals surface area contributed by atoms with E-state index >= 15 is 0 Å². The number of rotatable bonds is 4.